The van der Waals surface area contributed by atoms with E-state index in [1.165, 1.54) is 0 Å². The number of halogens is 2. The van der Waals surface area contributed by atoms with Gasteiger partial charge in [0.1, 0.15) is 0 Å². The summed E-state index contributed by atoms with van der Waals surface area (Å²) in [6.07, 6.45) is 0. The highest BCUT2D eigenvalue weighted by atomic mass is 19.1. The number of rotatable bonds is 5. The fourth-order valence-corrected chi connectivity index (χ4v) is 2.19. The Labute approximate surface area is 153 Å². The van der Waals surface area contributed by atoms with Gasteiger partial charge in [0.05, 0.1) is 0 Å². The lowest BCUT2D eigenvalue weighted by Crippen LogP contribution is -1.99. The van der Waals surface area contributed by atoms with E-state index in [9.17, 15) is 8.78 Å². The summed E-state index contributed by atoms with van der Waals surface area (Å²) in [5.74, 6) is -2.26. The van der Waals surface area contributed by atoms with E-state index in [0.717, 1.165) is 27.8 Å². The molecular formula is C21H23F2N3. The van der Waals surface area contributed by atoms with Crippen LogP contribution in [0.15, 0.2) is 47.4 Å². The first-order valence-electron chi connectivity index (χ1n) is 7.58. The summed E-state index contributed by atoms with van der Waals surface area (Å²) in [6.45, 7) is 16.7. The maximum Gasteiger partial charge on any atom is 0.190 e. The largest absolute Gasteiger partial charge is 0.242 e. The quantitative estimate of drug-likeness (QED) is 0.561. The molecule has 0 aliphatic heterocycles. The molecule has 0 amide bonds. The first kappa shape index (κ1) is 21.1. The summed E-state index contributed by atoms with van der Waals surface area (Å²) in [7, 11) is 0. The second-order valence-electron chi connectivity index (χ2n) is 5.81. The second kappa shape index (κ2) is 8.43. The van der Waals surface area contributed by atoms with Crippen molar-refractivity contribution in [3.05, 3.63) is 65.7 Å². The lowest BCUT2D eigenvalue weighted by Gasteiger charge is -2.10. The minimum atomic E-state index is -0.877. The van der Waals surface area contributed by atoms with Gasteiger partial charge in [0.15, 0.2) is 23.3 Å². The number of aliphatic imine (C=N–C) groups is 2. The smallest absolute Gasteiger partial charge is 0.190 e. The summed E-state index contributed by atoms with van der Waals surface area (Å²) in [4.78, 5) is 11.4. The molecule has 0 aliphatic rings. The van der Waals surface area contributed by atoms with Crippen LogP contribution in [0, 0.1) is 11.6 Å². The minimum absolute atomic E-state index is 0. The molecular weight excluding hydrogens is 332 g/mol. The Morgan fingerprint density at radius 1 is 0.846 bits per heavy atom. The molecule has 136 valence electrons. The number of nitrogens with zero attached hydrogens (tertiary/aromatic N) is 3. The molecule has 1 aromatic carbocycles. The summed E-state index contributed by atoms with van der Waals surface area (Å²) in [6, 6.07) is 6.49. The first-order valence-corrected chi connectivity index (χ1v) is 7.58. The summed E-state index contributed by atoms with van der Waals surface area (Å²) < 4.78 is 27.4. The summed E-state index contributed by atoms with van der Waals surface area (Å²) in [5.41, 5.74) is 4.95. The Hall–Kier alpha value is -2.95. The Bertz CT molecular complexity index is 879. The maximum absolute atomic E-state index is 14.0. The first-order chi connectivity index (χ1) is 11.7. The van der Waals surface area contributed by atoms with Crippen molar-refractivity contribution in [2.75, 3.05) is 0 Å². The van der Waals surface area contributed by atoms with Gasteiger partial charge in [-0.25, -0.2) is 23.7 Å². The van der Waals surface area contributed by atoms with E-state index >= 15 is 0 Å². The number of allylic oxidation sites excluding steroid dienone is 2. The Kier molecular flexibility index (Phi) is 6.84. The van der Waals surface area contributed by atoms with E-state index in [1.54, 1.807) is 6.92 Å². The van der Waals surface area contributed by atoms with Crippen molar-refractivity contribution in [1.29, 1.82) is 0 Å². The van der Waals surface area contributed by atoms with Crippen LogP contribution in [0.3, 0.4) is 0 Å². The van der Waals surface area contributed by atoms with E-state index in [4.69, 9.17) is 0 Å². The molecule has 0 saturated heterocycles. The van der Waals surface area contributed by atoms with Crippen LogP contribution in [0.1, 0.15) is 44.9 Å². The number of hydrogen-bond acceptors (Lipinski definition) is 3. The van der Waals surface area contributed by atoms with E-state index < -0.39 is 11.6 Å². The fraction of sp³-hybridized carbons (Fsp3) is 0.190. The molecule has 2 rings (SSSR count). The molecule has 0 spiro atoms. The third kappa shape index (κ3) is 4.57. The molecule has 0 unspecified atom stereocenters. The van der Waals surface area contributed by atoms with E-state index in [1.807, 2.05) is 32.0 Å². The number of benzene rings is 1. The lowest BCUT2D eigenvalue weighted by atomic mass is 9.97. The van der Waals surface area contributed by atoms with Crippen LogP contribution in [0.25, 0.3) is 11.1 Å². The van der Waals surface area contributed by atoms with Crippen molar-refractivity contribution in [2.24, 2.45) is 9.98 Å². The highest BCUT2D eigenvalue weighted by Gasteiger charge is 2.12. The SMILES string of the molecule is C.C=Nc1nc(N=C(C)c2cc(C(=C)C)cc(C(=C)C)c2)c(F)cc1F. The monoisotopic (exact) mass is 355 g/mol. The standard InChI is InChI=1S/C20H19F2N3.CH4/c1-11(2)14-7-15(12(3)4)9-16(8-14)13(5)24-20-18(22)10-17(21)19(23-6)25-20;/h7-10H,1,3,6H2,2,4-5H3;1H4. The lowest BCUT2D eigenvalue weighted by molar-refractivity contribution is 0.577. The van der Waals surface area contributed by atoms with Crippen LogP contribution in [0.2, 0.25) is 0 Å². The second-order valence-corrected chi connectivity index (χ2v) is 5.81. The van der Waals surface area contributed by atoms with Gasteiger partial charge in [-0.05, 0) is 62.4 Å². The highest BCUT2D eigenvalue weighted by Crippen LogP contribution is 2.25. The van der Waals surface area contributed by atoms with Gasteiger partial charge >= 0.3 is 0 Å². The minimum Gasteiger partial charge on any atom is -0.242 e. The van der Waals surface area contributed by atoms with Crippen LogP contribution >= 0.6 is 0 Å². The molecule has 0 saturated carbocycles. The van der Waals surface area contributed by atoms with Crippen molar-refractivity contribution < 1.29 is 8.78 Å². The molecule has 0 atom stereocenters. The number of aromatic nitrogens is 1. The fourth-order valence-electron chi connectivity index (χ4n) is 2.19. The van der Waals surface area contributed by atoms with Crippen molar-refractivity contribution in [2.45, 2.75) is 28.2 Å². The predicted octanol–water partition coefficient (Wildman–Crippen LogP) is 6.53. The van der Waals surface area contributed by atoms with Gasteiger partial charge in [-0.2, -0.15) is 0 Å². The zero-order valence-electron chi connectivity index (χ0n) is 14.5. The molecule has 3 nitrogen and oxygen atoms in total. The van der Waals surface area contributed by atoms with Crippen LogP contribution in [0.5, 0.6) is 0 Å². The van der Waals surface area contributed by atoms with Crippen molar-refractivity contribution in [1.82, 2.24) is 4.98 Å². The molecule has 1 heterocycles. The Morgan fingerprint density at radius 2 is 1.31 bits per heavy atom. The van der Waals surface area contributed by atoms with Crippen LogP contribution < -0.4 is 0 Å². The molecule has 5 heteroatoms. The highest BCUT2D eigenvalue weighted by molar-refractivity contribution is 6.01. The molecule has 0 bridgehead atoms. The predicted molar refractivity (Wildman–Crippen MR) is 108 cm³/mol. The van der Waals surface area contributed by atoms with E-state index in [2.05, 4.69) is 34.8 Å². The van der Waals surface area contributed by atoms with Crippen LogP contribution in [-0.2, 0) is 0 Å². The number of pyridine rings is 1. The molecule has 0 fully saturated rings. The molecule has 0 aliphatic carbocycles. The third-order valence-electron chi connectivity index (χ3n) is 3.65. The summed E-state index contributed by atoms with van der Waals surface area (Å²) >= 11 is 0. The normalized spacial score (nSPS) is 10.9. The molecule has 2 aromatic rings. The van der Waals surface area contributed by atoms with E-state index in [-0.39, 0.29) is 19.1 Å². The van der Waals surface area contributed by atoms with Gasteiger partial charge in [0, 0.05) is 11.8 Å². The van der Waals surface area contributed by atoms with Gasteiger partial charge < -0.3 is 0 Å². The maximum atomic E-state index is 14.0. The Morgan fingerprint density at radius 3 is 1.77 bits per heavy atom. The average Bonchev–Trinajstić information content (AvgIpc) is 2.56. The molecule has 0 radical (unpaired) electrons. The summed E-state index contributed by atoms with van der Waals surface area (Å²) in [5, 5.41) is 0. The molecule has 0 N–H and O–H groups in total. The van der Waals surface area contributed by atoms with Gasteiger partial charge in [0.2, 0.25) is 0 Å². The Balaban J connectivity index is 0.00000338. The topological polar surface area (TPSA) is 37.6 Å². The van der Waals surface area contributed by atoms with Gasteiger partial charge in [-0.15, -0.1) is 0 Å². The van der Waals surface area contributed by atoms with Crippen molar-refractivity contribution in [3.63, 3.8) is 0 Å². The van der Waals surface area contributed by atoms with Crippen molar-refractivity contribution in [3.8, 4) is 0 Å². The van der Waals surface area contributed by atoms with Gasteiger partial charge in [-0.3, -0.25) is 0 Å². The zero-order valence-corrected chi connectivity index (χ0v) is 14.5. The molecule has 1 aromatic heterocycles. The van der Waals surface area contributed by atoms with Crippen molar-refractivity contribution >= 4 is 35.2 Å². The van der Waals surface area contributed by atoms with E-state index in [0.29, 0.717) is 11.8 Å². The third-order valence-corrected chi connectivity index (χ3v) is 3.65. The van der Waals surface area contributed by atoms with Crippen LogP contribution in [0.4, 0.5) is 20.4 Å². The number of hydrogen-bond donors (Lipinski definition) is 0. The zero-order chi connectivity index (χ0) is 18.7. The average molecular weight is 355 g/mol. The van der Waals surface area contributed by atoms with Gasteiger partial charge in [-0.1, -0.05) is 31.7 Å². The molecule has 26 heavy (non-hydrogen) atoms. The van der Waals surface area contributed by atoms with Crippen LogP contribution in [-0.4, -0.2) is 17.4 Å². The van der Waals surface area contributed by atoms with Gasteiger partial charge in [0.25, 0.3) is 0 Å².